The highest BCUT2D eigenvalue weighted by atomic mass is 16.5. The Morgan fingerprint density at radius 2 is 1.74 bits per heavy atom. The van der Waals surface area contributed by atoms with Gasteiger partial charge in [-0.05, 0) is 50.3 Å². The summed E-state index contributed by atoms with van der Waals surface area (Å²) in [5, 5.41) is 3.58. The van der Waals surface area contributed by atoms with Crippen LogP contribution in [0.25, 0.3) is 0 Å². The zero-order valence-corrected chi connectivity index (χ0v) is 12.9. The van der Waals surface area contributed by atoms with Crippen LogP contribution in [0.5, 0.6) is 0 Å². The minimum Gasteiger partial charge on any atom is -0.382 e. The average Bonchev–Trinajstić information content (AvgIpc) is 2.39. The van der Waals surface area contributed by atoms with Crippen LogP contribution < -0.4 is 5.32 Å². The number of methoxy groups -OCH3 is 1. The molecule has 0 saturated carbocycles. The van der Waals surface area contributed by atoms with Gasteiger partial charge in [0.15, 0.2) is 0 Å². The predicted octanol–water partition coefficient (Wildman–Crippen LogP) is 3.52. The number of ether oxygens (including phenoxy) is 1. The normalized spacial score (nSPS) is 14.6. The third-order valence-corrected chi connectivity index (χ3v) is 3.42. The van der Waals surface area contributed by atoms with E-state index in [9.17, 15) is 0 Å². The minimum atomic E-state index is 0.328. The van der Waals surface area contributed by atoms with Crippen LogP contribution in [0, 0.1) is 11.8 Å². The standard InChI is InChI=1S/C17H29NO/c1-14(2)12-18-13-17(10-15(3)19-4)11-16-8-6-5-7-9-16/h5-9,14-15,17-18H,10-13H2,1-4H3. The van der Waals surface area contributed by atoms with Gasteiger partial charge in [0.2, 0.25) is 0 Å². The predicted molar refractivity (Wildman–Crippen MR) is 82.4 cm³/mol. The Morgan fingerprint density at radius 3 is 2.32 bits per heavy atom. The first-order chi connectivity index (χ1) is 9.11. The van der Waals surface area contributed by atoms with Crippen LogP contribution in [0.3, 0.4) is 0 Å². The van der Waals surface area contributed by atoms with Crippen LogP contribution in [0.1, 0.15) is 32.8 Å². The van der Waals surface area contributed by atoms with Crippen molar-refractivity contribution in [2.75, 3.05) is 20.2 Å². The molecule has 0 bridgehead atoms. The molecule has 0 aliphatic carbocycles. The maximum Gasteiger partial charge on any atom is 0.0546 e. The SMILES string of the molecule is COC(C)CC(CNCC(C)C)Cc1ccccc1. The van der Waals surface area contributed by atoms with E-state index in [1.807, 2.05) is 0 Å². The maximum atomic E-state index is 5.42. The van der Waals surface area contributed by atoms with Gasteiger partial charge < -0.3 is 10.1 Å². The fraction of sp³-hybridized carbons (Fsp3) is 0.647. The van der Waals surface area contributed by atoms with Crippen molar-refractivity contribution in [3.05, 3.63) is 35.9 Å². The lowest BCUT2D eigenvalue weighted by molar-refractivity contribution is 0.0945. The first-order valence-corrected chi connectivity index (χ1v) is 7.39. The number of hydrogen-bond acceptors (Lipinski definition) is 2. The largest absolute Gasteiger partial charge is 0.382 e. The molecule has 0 heterocycles. The van der Waals surface area contributed by atoms with Gasteiger partial charge >= 0.3 is 0 Å². The molecule has 0 aliphatic heterocycles. The van der Waals surface area contributed by atoms with E-state index in [0.717, 1.165) is 25.9 Å². The Labute approximate surface area is 118 Å². The molecule has 1 N–H and O–H groups in total. The molecule has 108 valence electrons. The monoisotopic (exact) mass is 263 g/mol. The molecule has 2 unspecified atom stereocenters. The molecule has 0 radical (unpaired) electrons. The highest BCUT2D eigenvalue weighted by Gasteiger charge is 2.13. The Balaban J connectivity index is 2.48. The topological polar surface area (TPSA) is 21.3 Å². The molecule has 0 amide bonds. The maximum absolute atomic E-state index is 5.42. The van der Waals surface area contributed by atoms with Crippen molar-refractivity contribution in [1.29, 1.82) is 0 Å². The van der Waals surface area contributed by atoms with Gasteiger partial charge in [0.05, 0.1) is 6.10 Å². The van der Waals surface area contributed by atoms with Crippen LogP contribution in [-0.2, 0) is 11.2 Å². The van der Waals surface area contributed by atoms with Gasteiger partial charge in [-0.1, -0.05) is 44.2 Å². The Morgan fingerprint density at radius 1 is 1.05 bits per heavy atom. The van der Waals surface area contributed by atoms with E-state index in [1.165, 1.54) is 5.56 Å². The second-order valence-corrected chi connectivity index (χ2v) is 5.89. The summed E-state index contributed by atoms with van der Waals surface area (Å²) < 4.78 is 5.42. The molecule has 0 saturated heterocycles. The van der Waals surface area contributed by atoms with E-state index in [-0.39, 0.29) is 0 Å². The molecule has 1 aromatic rings. The van der Waals surface area contributed by atoms with Crippen LogP contribution >= 0.6 is 0 Å². The van der Waals surface area contributed by atoms with Crippen LogP contribution in [-0.4, -0.2) is 26.3 Å². The summed E-state index contributed by atoms with van der Waals surface area (Å²) in [7, 11) is 1.80. The van der Waals surface area contributed by atoms with E-state index in [1.54, 1.807) is 7.11 Å². The molecule has 2 atom stereocenters. The lowest BCUT2D eigenvalue weighted by Crippen LogP contribution is -2.29. The zero-order valence-electron chi connectivity index (χ0n) is 12.9. The van der Waals surface area contributed by atoms with E-state index in [0.29, 0.717) is 17.9 Å². The molecule has 2 heteroatoms. The van der Waals surface area contributed by atoms with Crippen LogP contribution in [0.2, 0.25) is 0 Å². The van der Waals surface area contributed by atoms with E-state index >= 15 is 0 Å². The van der Waals surface area contributed by atoms with Crippen molar-refractivity contribution < 1.29 is 4.74 Å². The van der Waals surface area contributed by atoms with Gasteiger partial charge in [0.25, 0.3) is 0 Å². The minimum absolute atomic E-state index is 0.328. The number of hydrogen-bond donors (Lipinski definition) is 1. The molecule has 1 aromatic carbocycles. The van der Waals surface area contributed by atoms with Gasteiger partial charge in [-0.15, -0.1) is 0 Å². The van der Waals surface area contributed by atoms with Crippen LogP contribution in [0.4, 0.5) is 0 Å². The summed E-state index contributed by atoms with van der Waals surface area (Å²) in [6.45, 7) is 8.81. The molecule has 19 heavy (non-hydrogen) atoms. The van der Waals surface area contributed by atoms with Gasteiger partial charge in [-0.25, -0.2) is 0 Å². The molecule has 0 aromatic heterocycles. The summed E-state index contributed by atoms with van der Waals surface area (Å²) in [6, 6.07) is 10.7. The Hall–Kier alpha value is -0.860. The van der Waals surface area contributed by atoms with Gasteiger partial charge in [-0.3, -0.25) is 0 Å². The molecule has 2 nitrogen and oxygen atoms in total. The zero-order chi connectivity index (χ0) is 14.1. The second kappa shape index (κ2) is 9.11. The summed E-state index contributed by atoms with van der Waals surface area (Å²) >= 11 is 0. The van der Waals surface area contributed by atoms with E-state index in [2.05, 4.69) is 56.4 Å². The fourth-order valence-corrected chi connectivity index (χ4v) is 2.33. The third-order valence-electron chi connectivity index (χ3n) is 3.42. The van der Waals surface area contributed by atoms with E-state index in [4.69, 9.17) is 4.74 Å². The van der Waals surface area contributed by atoms with Crippen molar-refractivity contribution in [1.82, 2.24) is 5.32 Å². The first-order valence-electron chi connectivity index (χ1n) is 7.39. The van der Waals surface area contributed by atoms with Crippen molar-refractivity contribution in [3.8, 4) is 0 Å². The highest BCUT2D eigenvalue weighted by Crippen LogP contribution is 2.15. The number of rotatable bonds is 9. The quantitative estimate of drug-likeness (QED) is 0.736. The molecular weight excluding hydrogens is 234 g/mol. The Bertz CT molecular complexity index is 323. The van der Waals surface area contributed by atoms with Gasteiger partial charge in [-0.2, -0.15) is 0 Å². The second-order valence-electron chi connectivity index (χ2n) is 5.89. The van der Waals surface area contributed by atoms with Crippen molar-refractivity contribution in [2.24, 2.45) is 11.8 Å². The van der Waals surface area contributed by atoms with Crippen molar-refractivity contribution >= 4 is 0 Å². The van der Waals surface area contributed by atoms with E-state index < -0.39 is 0 Å². The van der Waals surface area contributed by atoms with Crippen molar-refractivity contribution in [3.63, 3.8) is 0 Å². The van der Waals surface area contributed by atoms with Gasteiger partial charge in [0, 0.05) is 7.11 Å². The lowest BCUT2D eigenvalue weighted by atomic mass is 9.93. The summed E-state index contributed by atoms with van der Waals surface area (Å²) in [5.41, 5.74) is 1.42. The lowest BCUT2D eigenvalue weighted by Gasteiger charge is -2.21. The molecule has 0 spiro atoms. The van der Waals surface area contributed by atoms with Crippen LogP contribution in [0.15, 0.2) is 30.3 Å². The molecule has 1 rings (SSSR count). The van der Waals surface area contributed by atoms with Crippen molar-refractivity contribution in [2.45, 2.75) is 39.7 Å². The highest BCUT2D eigenvalue weighted by molar-refractivity contribution is 5.15. The summed E-state index contributed by atoms with van der Waals surface area (Å²) in [5.74, 6) is 1.34. The molecular formula is C17H29NO. The third kappa shape index (κ3) is 7.34. The first kappa shape index (κ1) is 16.2. The fourth-order valence-electron chi connectivity index (χ4n) is 2.33. The average molecular weight is 263 g/mol. The number of nitrogens with one attached hydrogen (secondary N) is 1. The number of benzene rings is 1. The Kier molecular flexibility index (Phi) is 7.76. The van der Waals surface area contributed by atoms with Gasteiger partial charge in [0.1, 0.15) is 0 Å². The summed E-state index contributed by atoms with van der Waals surface area (Å²) in [4.78, 5) is 0. The summed E-state index contributed by atoms with van der Waals surface area (Å²) in [6.07, 6.45) is 2.56. The molecule has 0 fully saturated rings. The smallest absolute Gasteiger partial charge is 0.0546 e. The molecule has 0 aliphatic rings.